The number of likely N-dealkylation sites (tertiary alicyclic amines) is 1. The van der Waals surface area contributed by atoms with Crippen LogP contribution in [-0.4, -0.2) is 31.7 Å². The van der Waals surface area contributed by atoms with Crippen molar-refractivity contribution in [2.45, 2.75) is 25.5 Å². The van der Waals surface area contributed by atoms with E-state index in [9.17, 15) is 0 Å². The van der Waals surface area contributed by atoms with Gasteiger partial charge < -0.3 is 9.47 Å². The molecule has 0 spiro atoms. The third kappa shape index (κ3) is 6.10. The highest BCUT2D eigenvalue weighted by Gasteiger charge is 2.22. The van der Waals surface area contributed by atoms with Crippen molar-refractivity contribution in [3.05, 3.63) is 101 Å². The van der Waals surface area contributed by atoms with Crippen LogP contribution in [0.25, 0.3) is 0 Å². The van der Waals surface area contributed by atoms with Crippen LogP contribution < -0.4 is 4.74 Å². The lowest BCUT2D eigenvalue weighted by Gasteiger charge is -2.32. The summed E-state index contributed by atoms with van der Waals surface area (Å²) in [6.45, 7) is 3.95. The Hall–Kier alpha value is -2.33. The van der Waals surface area contributed by atoms with Gasteiger partial charge in [0.05, 0.1) is 13.7 Å². The predicted octanol–water partition coefficient (Wildman–Crippen LogP) is 6.37. The molecule has 1 aliphatic rings. The molecule has 1 saturated heterocycles. The number of halogens is 1. The van der Waals surface area contributed by atoms with Gasteiger partial charge in [0.1, 0.15) is 11.9 Å². The fourth-order valence-electron chi connectivity index (χ4n) is 4.22. The van der Waals surface area contributed by atoms with Gasteiger partial charge in [0.2, 0.25) is 0 Å². The second kappa shape index (κ2) is 10.8. The minimum absolute atomic E-state index is 0.0618. The van der Waals surface area contributed by atoms with E-state index in [1.54, 1.807) is 7.11 Å². The highest BCUT2D eigenvalue weighted by atomic mass is 35.5. The predicted molar refractivity (Wildman–Crippen MR) is 127 cm³/mol. The molecular formula is C27H30ClNO2. The van der Waals surface area contributed by atoms with Crippen LogP contribution in [0.15, 0.2) is 78.9 Å². The maximum Gasteiger partial charge on any atom is 0.119 e. The third-order valence-corrected chi connectivity index (χ3v) is 6.27. The first-order valence-electron chi connectivity index (χ1n) is 11.0. The second-order valence-corrected chi connectivity index (χ2v) is 8.68. The number of methoxy groups -OCH3 is 1. The van der Waals surface area contributed by atoms with Gasteiger partial charge in [-0.2, -0.15) is 0 Å². The number of hydrogen-bond acceptors (Lipinski definition) is 3. The van der Waals surface area contributed by atoms with Crippen LogP contribution in [0.5, 0.6) is 5.75 Å². The second-order valence-electron chi connectivity index (χ2n) is 8.25. The molecule has 0 radical (unpaired) electrons. The van der Waals surface area contributed by atoms with Crippen LogP contribution in [-0.2, 0) is 11.3 Å². The van der Waals surface area contributed by atoms with Crippen molar-refractivity contribution < 1.29 is 9.47 Å². The van der Waals surface area contributed by atoms with Crippen molar-refractivity contribution in [1.82, 2.24) is 4.90 Å². The lowest BCUT2D eigenvalue weighted by atomic mass is 9.96. The van der Waals surface area contributed by atoms with Gasteiger partial charge in [-0.15, -0.1) is 0 Å². The normalized spacial score (nSPS) is 16.2. The number of ether oxygens (including phenoxy) is 2. The molecule has 3 nitrogen and oxygen atoms in total. The summed E-state index contributed by atoms with van der Waals surface area (Å²) in [4.78, 5) is 2.53. The number of piperidine rings is 1. The van der Waals surface area contributed by atoms with Crippen LogP contribution >= 0.6 is 11.6 Å². The molecule has 1 fully saturated rings. The first-order valence-corrected chi connectivity index (χ1v) is 11.4. The van der Waals surface area contributed by atoms with E-state index in [1.165, 1.54) is 11.1 Å². The van der Waals surface area contributed by atoms with Crippen LogP contribution in [0.3, 0.4) is 0 Å². The Morgan fingerprint density at radius 2 is 1.61 bits per heavy atom. The van der Waals surface area contributed by atoms with Crippen LogP contribution in [0.4, 0.5) is 0 Å². The van der Waals surface area contributed by atoms with E-state index in [0.29, 0.717) is 5.92 Å². The Bertz CT molecular complexity index is 937. The number of benzene rings is 3. The van der Waals surface area contributed by atoms with Crippen molar-refractivity contribution in [1.29, 1.82) is 0 Å². The summed E-state index contributed by atoms with van der Waals surface area (Å²) in [7, 11) is 1.72. The molecule has 0 amide bonds. The molecule has 0 N–H and O–H groups in total. The maximum atomic E-state index is 6.50. The monoisotopic (exact) mass is 435 g/mol. The van der Waals surface area contributed by atoms with Crippen LogP contribution in [0, 0.1) is 5.92 Å². The molecule has 1 atom stereocenters. The largest absolute Gasteiger partial charge is 0.497 e. The van der Waals surface area contributed by atoms with Gasteiger partial charge in [0.15, 0.2) is 0 Å². The van der Waals surface area contributed by atoms with Gasteiger partial charge >= 0.3 is 0 Å². The maximum absolute atomic E-state index is 6.50. The van der Waals surface area contributed by atoms with Gasteiger partial charge in [-0.05, 0) is 72.8 Å². The fourth-order valence-corrected chi connectivity index (χ4v) is 4.35. The van der Waals surface area contributed by atoms with Gasteiger partial charge in [-0.3, -0.25) is 4.90 Å². The van der Waals surface area contributed by atoms with E-state index in [0.717, 1.165) is 55.4 Å². The molecule has 3 aromatic rings. The topological polar surface area (TPSA) is 21.7 Å². The highest BCUT2D eigenvalue weighted by molar-refractivity contribution is 6.30. The van der Waals surface area contributed by atoms with Gasteiger partial charge in [0, 0.05) is 11.6 Å². The van der Waals surface area contributed by atoms with E-state index in [4.69, 9.17) is 21.1 Å². The van der Waals surface area contributed by atoms with E-state index in [2.05, 4.69) is 59.5 Å². The molecule has 162 valence electrons. The lowest BCUT2D eigenvalue weighted by Crippen LogP contribution is -2.34. The van der Waals surface area contributed by atoms with Crippen LogP contribution in [0.1, 0.15) is 35.6 Å². The molecule has 0 bridgehead atoms. The van der Waals surface area contributed by atoms with Gasteiger partial charge in [-0.1, -0.05) is 66.2 Å². The van der Waals surface area contributed by atoms with E-state index in [-0.39, 0.29) is 6.10 Å². The highest BCUT2D eigenvalue weighted by Crippen LogP contribution is 2.29. The zero-order valence-corrected chi connectivity index (χ0v) is 18.8. The quantitative estimate of drug-likeness (QED) is 0.410. The number of hydrogen-bond donors (Lipinski definition) is 0. The molecule has 1 heterocycles. The first-order chi connectivity index (χ1) is 15.2. The standard InChI is InChI=1S/C27H30ClNO2/c1-30-26-9-5-6-22(18-26)19-29-16-14-21(15-17-29)20-31-27(23-7-3-2-4-8-23)24-10-12-25(28)13-11-24/h2-13,18,21,27H,14-17,19-20H2,1H3. The summed E-state index contributed by atoms with van der Waals surface area (Å²) in [6.07, 6.45) is 2.26. The Labute approximate surface area is 190 Å². The minimum atomic E-state index is -0.0618. The molecule has 1 aliphatic heterocycles. The zero-order valence-electron chi connectivity index (χ0n) is 18.0. The van der Waals surface area contributed by atoms with Crippen molar-refractivity contribution in [3.63, 3.8) is 0 Å². The summed E-state index contributed by atoms with van der Waals surface area (Å²) >= 11 is 6.10. The molecule has 1 unspecified atom stereocenters. The Kier molecular flexibility index (Phi) is 7.63. The van der Waals surface area contributed by atoms with E-state index < -0.39 is 0 Å². The molecule has 0 aliphatic carbocycles. The lowest BCUT2D eigenvalue weighted by molar-refractivity contribution is 0.0300. The van der Waals surface area contributed by atoms with Crippen molar-refractivity contribution in [3.8, 4) is 5.75 Å². The molecule has 3 aromatic carbocycles. The molecular weight excluding hydrogens is 406 g/mol. The molecule has 31 heavy (non-hydrogen) atoms. The van der Waals surface area contributed by atoms with Gasteiger partial charge in [0.25, 0.3) is 0 Å². The average Bonchev–Trinajstić information content (AvgIpc) is 2.82. The van der Waals surface area contributed by atoms with Crippen molar-refractivity contribution in [2.24, 2.45) is 5.92 Å². The SMILES string of the molecule is COc1cccc(CN2CCC(COC(c3ccccc3)c3ccc(Cl)cc3)CC2)c1. The molecule has 4 heteroatoms. The zero-order chi connectivity index (χ0) is 21.5. The van der Waals surface area contributed by atoms with Crippen molar-refractivity contribution >= 4 is 11.6 Å². The number of rotatable bonds is 8. The Morgan fingerprint density at radius 1 is 0.903 bits per heavy atom. The molecule has 0 saturated carbocycles. The summed E-state index contributed by atoms with van der Waals surface area (Å²) in [5.74, 6) is 1.51. The third-order valence-electron chi connectivity index (χ3n) is 6.02. The first kappa shape index (κ1) is 21.9. The number of nitrogens with zero attached hydrogens (tertiary/aromatic N) is 1. The molecule has 0 aromatic heterocycles. The summed E-state index contributed by atoms with van der Waals surface area (Å²) in [5, 5.41) is 0.749. The van der Waals surface area contributed by atoms with E-state index >= 15 is 0 Å². The summed E-state index contributed by atoms with van der Waals surface area (Å²) < 4.78 is 11.9. The Balaban J connectivity index is 1.33. The minimum Gasteiger partial charge on any atom is -0.497 e. The van der Waals surface area contributed by atoms with Crippen LogP contribution in [0.2, 0.25) is 5.02 Å². The summed E-state index contributed by atoms with van der Waals surface area (Å²) in [6, 6.07) is 26.8. The van der Waals surface area contributed by atoms with Crippen molar-refractivity contribution in [2.75, 3.05) is 26.8 Å². The molecule has 4 rings (SSSR count). The van der Waals surface area contributed by atoms with Gasteiger partial charge in [-0.25, -0.2) is 0 Å². The smallest absolute Gasteiger partial charge is 0.119 e. The summed E-state index contributed by atoms with van der Waals surface area (Å²) in [5.41, 5.74) is 3.63. The van der Waals surface area contributed by atoms with E-state index in [1.807, 2.05) is 24.3 Å². The average molecular weight is 436 g/mol. The Morgan fingerprint density at radius 3 is 2.32 bits per heavy atom. The fraction of sp³-hybridized carbons (Fsp3) is 0.333.